The lowest BCUT2D eigenvalue weighted by atomic mass is 10.1. The van der Waals surface area contributed by atoms with Crippen molar-refractivity contribution in [1.29, 1.82) is 0 Å². The molecule has 0 saturated carbocycles. The second-order valence-corrected chi connectivity index (χ2v) is 14.8. The van der Waals surface area contributed by atoms with Gasteiger partial charge in [-0.25, -0.2) is 15.0 Å². The van der Waals surface area contributed by atoms with Gasteiger partial charge in [-0.2, -0.15) is 0 Å². The normalized spacial score (nSPS) is 23.4. The first-order valence-electron chi connectivity index (χ1n) is 11.3. The van der Waals surface area contributed by atoms with E-state index in [1.165, 1.54) is 6.33 Å². The minimum atomic E-state index is -2.21. The summed E-state index contributed by atoms with van der Waals surface area (Å²) in [7, 11) is -2.21. The van der Waals surface area contributed by atoms with Crippen LogP contribution in [0.3, 0.4) is 0 Å². The van der Waals surface area contributed by atoms with E-state index in [0.29, 0.717) is 22.5 Å². The van der Waals surface area contributed by atoms with E-state index in [-0.39, 0.29) is 17.6 Å². The van der Waals surface area contributed by atoms with Crippen molar-refractivity contribution in [1.82, 2.24) is 19.5 Å². The van der Waals surface area contributed by atoms with Crippen molar-refractivity contribution in [3.05, 3.63) is 48.5 Å². The third-order valence-electron chi connectivity index (χ3n) is 6.72. The molecule has 0 spiro atoms. The van der Waals surface area contributed by atoms with Crippen LogP contribution in [0, 0.1) is 0 Å². The van der Waals surface area contributed by atoms with Crippen LogP contribution in [0.5, 0.6) is 0 Å². The maximum atomic E-state index is 12.7. The van der Waals surface area contributed by atoms with Crippen LogP contribution in [-0.4, -0.2) is 63.7 Å². The van der Waals surface area contributed by atoms with Gasteiger partial charge in [0, 0.05) is 5.56 Å². The number of ether oxygens (including phenoxy) is 1. The molecular formula is C23H32N6O4Si. The predicted molar refractivity (Wildman–Crippen MR) is 131 cm³/mol. The number of rotatable bonds is 6. The van der Waals surface area contributed by atoms with Gasteiger partial charge in [-0.05, 0) is 30.3 Å². The van der Waals surface area contributed by atoms with Crippen LogP contribution in [0.15, 0.2) is 43.0 Å². The molecule has 1 aromatic carbocycles. The Labute approximate surface area is 199 Å². The molecule has 3 heterocycles. The van der Waals surface area contributed by atoms with Gasteiger partial charge in [0.2, 0.25) is 0 Å². The molecule has 0 bridgehead atoms. The van der Waals surface area contributed by atoms with Crippen molar-refractivity contribution < 1.29 is 19.1 Å². The van der Waals surface area contributed by atoms with E-state index in [4.69, 9.17) is 14.9 Å². The van der Waals surface area contributed by atoms with Gasteiger partial charge in [-0.3, -0.25) is 9.36 Å². The molecular weight excluding hydrogens is 452 g/mol. The summed E-state index contributed by atoms with van der Waals surface area (Å²) < 4.78 is 14.5. The van der Waals surface area contributed by atoms with Crippen molar-refractivity contribution in [2.45, 2.75) is 63.4 Å². The number of benzene rings is 1. The first-order chi connectivity index (χ1) is 16.0. The smallest absolute Gasteiger partial charge is 0.256 e. The van der Waals surface area contributed by atoms with Crippen LogP contribution in [0.4, 0.5) is 5.82 Å². The van der Waals surface area contributed by atoms with Crippen molar-refractivity contribution in [2.24, 2.45) is 5.73 Å². The van der Waals surface area contributed by atoms with Gasteiger partial charge in [-0.1, -0.05) is 39.0 Å². The fraction of sp³-hybridized carbons (Fsp3) is 0.478. The van der Waals surface area contributed by atoms with Crippen LogP contribution < -0.4 is 11.1 Å². The third-order valence-corrected chi connectivity index (χ3v) is 11.2. The molecule has 10 nitrogen and oxygen atoms in total. The molecule has 1 aliphatic heterocycles. The van der Waals surface area contributed by atoms with Crippen LogP contribution in [-0.2, 0) is 9.16 Å². The monoisotopic (exact) mass is 484 g/mol. The number of aliphatic hydroxyl groups is 1. The lowest BCUT2D eigenvalue weighted by Crippen LogP contribution is -2.51. The number of hydrogen-bond acceptors (Lipinski definition) is 8. The van der Waals surface area contributed by atoms with Gasteiger partial charge in [0.05, 0.1) is 19.0 Å². The Morgan fingerprint density at radius 1 is 1.24 bits per heavy atom. The molecule has 1 unspecified atom stereocenters. The fourth-order valence-electron chi connectivity index (χ4n) is 3.69. The number of hydrogen-bond donors (Lipinski definition) is 3. The summed E-state index contributed by atoms with van der Waals surface area (Å²) in [5, 5.41) is 12.6. The summed E-state index contributed by atoms with van der Waals surface area (Å²) in [6.45, 7) is 10.5. The molecule has 4 N–H and O–H groups in total. The van der Waals surface area contributed by atoms with Crippen molar-refractivity contribution in [3.63, 3.8) is 0 Å². The van der Waals surface area contributed by atoms with Crippen LogP contribution >= 0.6 is 0 Å². The number of anilines is 1. The summed E-state index contributed by atoms with van der Waals surface area (Å²) in [5.41, 5.74) is 7.87. The van der Waals surface area contributed by atoms with E-state index in [1.807, 2.05) is 6.07 Å². The lowest BCUT2D eigenvalue weighted by molar-refractivity contribution is -0.0462. The molecule has 34 heavy (non-hydrogen) atoms. The number of nitrogens with zero attached hydrogens (tertiary/aromatic N) is 4. The average Bonchev–Trinajstić information content (AvgIpc) is 3.35. The summed E-state index contributed by atoms with van der Waals surface area (Å²) in [6, 6.07) is 8.34. The van der Waals surface area contributed by atoms with Gasteiger partial charge in [-0.15, -0.1) is 0 Å². The Bertz CT molecular complexity index is 1160. The highest BCUT2D eigenvalue weighted by Crippen LogP contribution is 2.42. The van der Waals surface area contributed by atoms with E-state index in [9.17, 15) is 9.90 Å². The minimum absolute atomic E-state index is 0.0391. The van der Waals surface area contributed by atoms with E-state index in [2.05, 4.69) is 54.1 Å². The van der Waals surface area contributed by atoms with Gasteiger partial charge < -0.3 is 25.3 Å². The van der Waals surface area contributed by atoms with E-state index in [1.54, 1.807) is 35.2 Å². The highest BCUT2D eigenvalue weighted by Gasteiger charge is 2.49. The molecule has 4 atom stereocenters. The molecule has 2 aromatic heterocycles. The zero-order valence-electron chi connectivity index (χ0n) is 20.1. The Balaban J connectivity index is 1.68. The number of nitrogens with one attached hydrogen (secondary N) is 1. The molecule has 4 rings (SSSR count). The molecule has 1 aliphatic rings. The molecule has 0 aliphatic carbocycles. The van der Waals surface area contributed by atoms with Crippen molar-refractivity contribution in [3.8, 4) is 0 Å². The second kappa shape index (κ2) is 9.15. The molecule has 1 saturated heterocycles. The first kappa shape index (κ1) is 24.4. The standard InChI is InChI=1S/C23H32N6O4Si/c1-23(2,3)34(4,5)33-18-16(24)15(11-30)32-22(18)29-13-27-17-19(25-12-26-20(17)29)28-21(31)14-9-7-6-8-10-14/h6-10,12-13,15-16,18,22,30H,11,24H2,1-5H3,(H,25,26,28,31)/t15?,16-,18-,22-/m1/s1. The predicted octanol–water partition coefficient (Wildman–Crippen LogP) is 2.69. The summed E-state index contributed by atoms with van der Waals surface area (Å²) in [6.07, 6.45) is 1.21. The van der Waals surface area contributed by atoms with E-state index < -0.39 is 32.8 Å². The molecule has 0 radical (unpaired) electrons. The number of aliphatic hydroxyl groups excluding tert-OH is 1. The van der Waals surface area contributed by atoms with Crippen molar-refractivity contribution >= 4 is 31.2 Å². The zero-order valence-corrected chi connectivity index (χ0v) is 21.1. The Morgan fingerprint density at radius 2 is 1.94 bits per heavy atom. The molecule has 11 heteroatoms. The van der Waals surface area contributed by atoms with Gasteiger partial charge in [0.25, 0.3) is 5.91 Å². The van der Waals surface area contributed by atoms with E-state index >= 15 is 0 Å². The van der Waals surface area contributed by atoms with Crippen LogP contribution in [0.1, 0.15) is 37.4 Å². The molecule has 1 amide bonds. The quantitative estimate of drug-likeness (QED) is 0.454. The van der Waals surface area contributed by atoms with Crippen LogP contribution in [0.25, 0.3) is 11.2 Å². The largest absolute Gasteiger partial charge is 0.408 e. The highest BCUT2D eigenvalue weighted by molar-refractivity contribution is 6.74. The van der Waals surface area contributed by atoms with Crippen LogP contribution in [0.2, 0.25) is 18.1 Å². The van der Waals surface area contributed by atoms with E-state index in [0.717, 1.165) is 0 Å². The fourth-order valence-corrected chi connectivity index (χ4v) is 5.00. The summed E-state index contributed by atoms with van der Waals surface area (Å²) in [4.78, 5) is 25.7. The Hall–Kier alpha value is -2.70. The number of carbonyl (C=O) groups is 1. The molecule has 3 aromatic rings. The Morgan fingerprint density at radius 3 is 2.59 bits per heavy atom. The third kappa shape index (κ3) is 4.49. The molecule has 1 fully saturated rings. The zero-order chi connectivity index (χ0) is 24.7. The maximum Gasteiger partial charge on any atom is 0.256 e. The number of fused-ring (bicyclic) bond motifs is 1. The SMILES string of the molecule is CC(C)(C)[Si](C)(C)O[C@@H]1[C@H](N)C(CO)O[C@H]1n1cnc2c(NC(=O)c3ccccc3)ncnc21. The summed E-state index contributed by atoms with van der Waals surface area (Å²) in [5.74, 6) is -0.00533. The highest BCUT2D eigenvalue weighted by atomic mass is 28.4. The number of amides is 1. The molecule has 182 valence electrons. The minimum Gasteiger partial charge on any atom is -0.408 e. The Kier molecular flexibility index (Phi) is 6.58. The number of nitrogens with two attached hydrogens (primary N) is 1. The number of imidazole rings is 1. The topological polar surface area (TPSA) is 137 Å². The maximum absolute atomic E-state index is 12.7. The average molecular weight is 485 g/mol. The lowest BCUT2D eigenvalue weighted by Gasteiger charge is -2.40. The number of aromatic nitrogens is 4. The van der Waals surface area contributed by atoms with Crippen molar-refractivity contribution in [2.75, 3.05) is 11.9 Å². The first-order valence-corrected chi connectivity index (χ1v) is 14.2. The second-order valence-electron chi connectivity index (χ2n) is 10.0. The summed E-state index contributed by atoms with van der Waals surface area (Å²) >= 11 is 0. The van der Waals surface area contributed by atoms with Gasteiger partial charge >= 0.3 is 0 Å². The van der Waals surface area contributed by atoms with Gasteiger partial charge in [0.1, 0.15) is 18.5 Å². The van der Waals surface area contributed by atoms with Gasteiger partial charge in [0.15, 0.2) is 31.5 Å². The number of carbonyl (C=O) groups excluding carboxylic acids is 1.